The minimum absolute atomic E-state index is 0.0123. The van der Waals surface area contributed by atoms with Crippen molar-refractivity contribution in [1.82, 2.24) is 14.5 Å². The maximum atomic E-state index is 13.5. The summed E-state index contributed by atoms with van der Waals surface area (Å²) in [5, 5.41) is 4.10. The molecule has 0 spiro atoms. The third kappa shape index (κ3) is 4.36. The molecule has 0 unspecified atom stereocenters. The number of amides is 1. The number of hydrogen-bond donors (Lipinski definition) is 2. The second-order valence-electron chi connectivity index (χ2n) is 8.56. The highest BCUT2D eigenvalue weighted by Gasteiger charge is 2.32. The van der Waals surface area contributed by atoms with Crippen molar-refractivity contribution in [2.45, 2.75) is 38.4 Å². The molecule has 1 amide bonds. The fourth-order valence-corrected chi connectivity index (χ4v) is 4.30. The summed E-state index contributed by atoms with van der Waals surface area (Å²) in [6.07, 6.45) is 3.10. The first-order valence-corrected chi connectivity index (χ1v) is 11.3. The SMILES string of the molecule is N[C@@H](CC1CC1)C(=O)N1CCn2c(nc(-c3ccc(F)cc3)c2Nc2ccc(Cl)cc2)C1. The van der Waals surface area contributed by atoms with Gasteiger partial charge in [-0.2, -0.15) is 0 Å². The molecule has 6 nitrogen and oxygen atoms in total. The molecule has 1 atom stereocenters. The van der Waals surface area contributed by atoms with E-state index in [1.54, 1.807) is 17.0 Å². The summed E-state index contributed by atoms with van der Waals surface area (Å²) in [6, 6.07) is 13.2. The van der Waals surface area contributed by atoms with Crippen molar-refractivity contribution in [3.8, 4) is 11.3 Å². The molecule has 2 aromatic carbocycles. The summed E-state index contributed by atoms with van der Waals surface area (Å²) in [4.78, 5) is 19.5. The van der Waals surface area contributed by atoms with Gasteiger partial charge in [-0.05, 0) is 60.9 Å². The largest absolute Gasteiger partial charge is 0.340 e. The fourth-order valence-electron chi connectivity index (χ4n) is 4.17. The molecule has 1 saturated carbocycles. The third-order valence-corrected chi connectivity index (χ3v) is 6.36. The summed E-state index contributed by atoms with van der Waals surface area (Å²) in [5.74, 6) is 1.87. The number of fused-ring (bicyclic) bond motifs is 1. The van der Waals surface area contributed by atoms with Gasteiger partial charge in [-0.25, -0.2) is 9.37 Å². The first-order chi connectivity index (χ1) is 15.5. The summed E-state index contributed by atoms with van der Waals surface area (Å²) in [5.41, 5.74) is 8.57. The molecule has 1 fully saturated rings. The topological polar surface area (TPSA) is 76.2 Å². The lowest BCUT2D eigenvalue weighted by Crippen LogP contribution is -2.47. The molecule has 0 bridgehead atoms. The Hall–Kier alpha value is -2.90. The van der Waals surface area contributed by atoms with Crippen LogP contribution in [0.3, 0.4) is 0 Å². The van der Waals surface area contributed by atoms with Gasteiger partial charge in [-0.3, -0.25) is 4.79 Å². The van der Waals surface area contributed by atoms with Gasteiger partial charge < -0.3 is 20.5 Å². The quantitative estimate of drug-likeness (QED) is 0.573. The molecule has 32 heavy (non-hydrogen) atoms. The van der Waals surface area contributed by atoms with Crippen molar-refractivity contribution in [1.29, 1.82) is 0 Å². The molecule has 1 aliphatic heterocycles. The van der Waals surface area contributed by atoms with Gasteiger partial charge in [0.15, 0.2) is 0 Å². The lowest BCUT2D eigenvalue weighted by atomic mass is 10.1. The Morgan fingerprint density at radius 3 is 2.56 bits per heavy atom. The normalized spacial score (nSPS) is 16.5. The predicted molar refractivity (Wildman–Crippen MR) is 123 cm³/mol. The molecule has 3 aromatic rings. The van der Waals surface area contributed by atoms with E-state index in [4.69, 9.17) is 22.3 Å². The van der Waals surface area contributed by atoms with E-state index in [1.807, 2.05) is 24.3 Å². The molecule has 2 heterocycles. The zero-order valence-corrected chi connectivity index (χ0v) is 18.4. The molecule has 2 aliphatic rings. The second kappa shape index (κ2) is 8.56. The molecule has 5 rings (SSSR count). The average Bonchev–Trinajstić information content (AvgIpc) is 3.54. The van der Waals surface area contributed by atoms with Gasteiger partial charge in [0.05, 0.1) is 12.6 Å². The number of aromatic nitrogens is 2. The maximum Gasteiger partial charge on any atom is 0.239 e. The number of nitrogens with two attached hydrogens (primary N) is 1. The van der Waals surface area contributed by atoms with Crippen LogP contribution in [0.5, 0.6) is 0 Å². The number of benzene rings is 2. The van der Waals surface area contributed by atoms with E-state index >= 15 is 0 Å². The van der Waals surface area contributed by atoms with Gasteiger partial charge in [0.25, 0.3) is 0 Å². The molecular formula is C24H25ClFN5O. The van der Waals surface area contributed by atoms with Crippen LogP contribution >= 0.6 is 11.6 Å². The molecular weight excluding hydrogens is 429 g/mol. The zero-order chi connectivity index (χ0) is 22.2. The van der Waals surface area contributed by atoms with E-state index in [0.717, 1.165) is 29.3 Å². The first-order valence-electron chi connectivity index (χ1n) is 10.9. The Labute approximate surface area is 191 Å². The van der Waals surface area contributed by atoms with Crippen LogP contribution < -0.4 is 11.1 Å². The number of nitrogens with one attached hydrogen (secondary N) is 1. The van der Waals surface area contributed by atoms with Gasteiger partial charge in [-0.15, -0.1) is 0 Å². The van der Waals surface area contributed by atoms with Crippen molar-refractivity contribution in [2.75, 3.05) is 11.9 Å². The van der Waals surface area contributed by atoms with E-state index < -0.39 is 6.04 Å². The molecule has 8 heteroatoms. The Morgan fingerprint density at radius 1 is 1.16 bits per heavy atom. The zero-order valence-electron chi connectivity index (χ0n) is 17.6. The Bertz CT molecular complexity index is 1120. The van der Waals surface area contributed by atoms with Crippen molar-refractivity contribution in [3.63, 3.8) is 0 Å². The molecule has 1 aliphatic carbocycles. The van der Waals surface area contributed by atoms with E-state index in [0.29, 0.717) is 36.3 Å². The Morgan fingerprint density at radius 2 is 1.88 bits per heavy atom. The number of carbonyl (C=O) groups is 1. The van der Waals surface area contributed by atoms with Crippen molar-refractivity contribution in [2.24, 2.45) is 11.7 Å². The highest BCUT2D eigenvalue weighted by Crippen LogP contribution is 2.35. The van der Waals surface area contributed by atoms with Crippen molar-refractivity contribution >= 4 is 29.0 Å². The van der Waals surface area contributed by atoms with Crippen LogP contribution in [0.2, 0.25) is 5.02 Å². The van der Waals surface area contributed by atoms with Crippen LogP contribution in [-0.4, -0.2) is 32.9 Å². The summed E-state index contributed by atoms with van der Waals surface area (Å²) in [7, 11) is 0. The minimum atomic E-state index is -0.452. The van der Waals surface area contributed by atoms with E-state index in [1.165, 1.54) is 25.0 Å². The van der Waals surface area contributed by atoms with E-state index in [2.05, 4.69) is 9.88 Å². The van der Waals surface area contributed by atoms with Crippen LogP contribution in [0, 0.1) is 11.7 Å². The van der Waals surface area contributed by atoms with Crippen molar-refractivity contribution < 1.29 is 9.18 Å². The second-order valence-corrected chi connectivity index (χ2v) is 9.00. The number of rotatable bonds is 6. The standard InChI is InChI=1S/C24H25ClFN5O/c25-17-5-9-19(10-6-17)28-23-22(16-3-7-18(26)8-4-16)29-21-14-30(11-12-31(21)23)24(32)20(27)13-15-1-2-15/h3-10,15,20,28H,1-2,11-14,27H2/t20-/m0/s1. The smallest absolute Gasteiger partial charge is 0.239 e. The third-order valence-electron chi connectivity index (χ3n) is 6.11. The number of hydrogen-bond acceptors (Lipinski definition) is 4. The van der Waals surface area contributed by atoms with Crippen molar-refractivity contribution in [3.05, 3.63) is 65.2 Å². The maximum absolute atomic E-state index is 13.5. The van der Waals surface area contributed by atoms with Gasteiger partial charge >= 0.3 is 0 Å². The van der Waals surface area contributed by atoms with Gasteiger partial charge in [0.1, 0.15) is 23.2 Å². The van der Waals surface area contributed by atoms with Crippen LogP contribution in [-0.2, 0) is 17.9 Å². The monoisotopic (exact) mass is 453 g/mol. The minimum Gasteiger partial charge on any atom is -0.340 e. The Balaban J connectivity index is 1.46. The molecule has 0 saturated heterocycles. The summed E-state index contributed by atoms with van der Waals surface area (Å²) < 4.78 is 15.6. The number of halogens is 2. The molecule has 0 radical (unpaired) electrons. The average molecular weight is 454 g/mol. The van der Waals surface area contributed by atoms with Gasteiger partial charge in [-0.1, -0.05) is 24.4 Å². The van der Waals surface area contributed by atoms with Gasteiger partial charge in [0, 0.05) is 29.4 Å². The number of carbonyl (C=O) groups excluding carboxylic acids is 1. The first kappa shape index (κ1) is 21.0. The number of imidazole rings is 1. The fraction of sp³-hybridized carbons (Fsp3) is 0.333. The molecule has 1 aromatic heterocycles. The van der Waals surface area contributed by atoms with E-state index in [-0.39, 0.29) is 11.7 Å². The summed E-state index contributed by atoms with van der Waals surface area (Å²) >= 11 is 6.03. The predicted octanol–water partition coefficient (Wildman–Crippen LogP) is 4.56. The molecule has 3 N–H and O–H groups in total. The van der Waals surface area contributed by atoms with Gasteiger partial charge in [0.2, 0.25) is 5.91 Å². The number of nitrogens with zero attached hydrogens (tertiary/aromatic N) is 3. The summed E-state index contributed by atoms with van der Waals surface area (Å²) in [6.45, 7) is 1.56. The Kier molecular flexibility index (Phi) is 5.61. The van der Waals surface area contributed by atoms with Crippen LogP contribution in [0.15, 0.2) is 48.5 Å². The van der Waals surface area contributed by atoms with Crippen LogP contribution in [0.1, 0.15) is 25.1 Å². The molecule has 166 valence electrons. The lowest BCUT2D eigenvalue weighted by molar-refractivity contribution is -0.134. The highest BCUT2D eigenvalue weighted by atomic mass is 35.5. The highest BCUT2D eigenvalue weighted by molar-refractivity contribution is 6.30. The van der Waals surface area contributed by atoms with E-state index in [9.17, 15) is 9.18 Å². The van der Waals surface area contributed by atoms with Crippen LogP contribution in [0.25, 0.3) is 11.3 Å². The van der Waals surface area contributed by atoms with Crippen LogP contribution in [0.4, 0.5) is 15.9 Å². The lowest BCUT2D eigenvalue weighted by Gasteiger charge is -2.30. The number of anilines is 2.